The number of benzene rings is 1. The van der Waals surface area contributed by atoms with Crippen LogP contribution in [0.1, 0.15) is 26.2 Å². The van der Waals surface area contributed by atoms with Crippen LogP contribution in [0.25, 0.3) is 0 Å². The van der Waals surface area contributed by atoms with Crippen molar-refractivity contribution in [1.82, 2.24) is 10.6 Å². The maximum absolute atomic E-state index is 12.2. The van der Waals surface area contributed by atoms with Crippen LogP contribution in [0.5, 0.6) is 0 Å². The van der Waals surface area contributed by atoms with Crippen molar-refractivity contribution in [2.75, 3.05) is 30.8 Å². The summed E-state index contributed by atoms with van der Waals surface area (Å²) in [6.07, 6.45) is 2.89. The Morgan fingerprint density at radius 2 is 2.04 bits per heavy atom. The molecule has 0 aromatic heterocycles. The zero-order valence-corrected chi connectivity index (χ0v) is 13.8. The lowest BCUT2D eigenvalue weighted by Crippen LogP contribution is -2.34. The topological polar surface area (TPSA) is 82.3 Å². The molecule has 4 N–H and O–H groups in total. The van der Waals surface area contributed by atoms with Crippen LogP contribution in [0.3, 0.4) is 0 Å². The van der Waals surface area contributed by atoms with E-state index in [0.29, 0.717) is 29.6 Å². The number of anilines is 2. The summed E-state index contributed by atoms with van der Waals surface area (Å²) in [5.74, 6) is 0.936. The van der Waals surface area contributed by atoms with Gasteiger partial charge in [-0.2, -0.15) is 0 Å². The van der Waals surface area contributed by atoms with Gasteiger partial charge in [0.25, 0.3) is 0 Å². The number of hydrogen-bond donors (Lipinski definition) is 4. The fourth-order valence-corrected chi connectivity index (χ4v) is 2.90. The second-order valence-corrected chi connectivity index (χ2v) is 6.12. The van der Waals surface area contributed by atoms with E-state index in [0.717, 1.165) is 13.1 Å². The van der Waals surface area contributed by atoms with E-state index < -0.39 is 0 Å². The van der Waals surface area contributed by atoms with Gasteiger partial charge in [-0.25, -0.2) is 4.79 Å². The molecule has 1 aliphatic heterocycles. The quantitative estimate of drug-likeness (QED) is 0.673. The second kappa shape index (κ2) is 8.53. The van der Waals surface area contributed by atoms with Crippen LogP contribution in [-0.4, -0.2) is 32.1 Å². The van der Waals surface area contributed by atoms with E-state index in [1.165, 1.54) is 12.8 Å². The Morgan fingerprint density at radius 1 is 1.30 bits per heavy atom. The van der Waals surface area contributed by atoms with Crippen LogP contribution in [0.15, 0.2) is 24.3 Å². The van der Waals surface area contributed by atoms with Gasteiger partial charge < -0.3 is 21.3 Å². The molecule has 1 saturated heterocycles. The summed E-state index contributed by atoms with van der Waals surface area (Å²) < 4.78 is 0. The van der Waals surface area contributed by atoms with Crippen LogP contribution in [0.4, 0.5) is 16.2 Å². The molecule has 6 nitrogen and oxygen atoms in total. The molecule has 1 aromatic carbocycles. The largest absolute Gasteiger partial charge is 0.341 e. The van der Waals surface area contributed by atoms with Gasteiger partial charge in [0.2, 0.25) is 5.91 Å². The molecule has 0 radical (unpaired) electrons. The maximum atomic E-state index is 12.2. The van der Waals surface area contributed by atoms with Gasteiger partial charge in [0.15, 0.2) is 0 Å². The van der Waals surface area contributed by atoms with Crippen molar-refractivity contribution < 1.29 is 9.59 Å². The van der Waals surface area contributed by atoms with Crippen LogP contribution in [0.2, 0.25) is 0 Å². The minimum absolute atomic E-state index is 0.0140. The highest BCUT2D eigenvalue weighted by Crippen LogP contribution is 2.23. The third-order valence-corrected chi connectivity index (χ3v) is 4.28. The predicted molar refractivity (Wildman–Crippen MR) is 92.5 cm³/mol. The minimum Gasteiger partial charge on any atom is -0.341 e. The first-order chi connectivity index (χ1) is 11.1. The summed E-state index contributed by atoms with van der Waals surface area (Å²) >= 11 is 0. The Labute approximate surface area is 137 Å². The average molecular weight is 318 g/mol. The number of piperidine rings is 1. The molecule has 126 valence electrons. The molecule has 0 spiro atoms. The molecule has 2 atom stereocenters. The smallest absolute Gasteiger partial charge is 0.318 e. The van der Waals surface area contributed by atoms with Crippen molar-refractivity contribution >= 4 is 23.3 Å². The molecule has 0 bridgehead atoms. The van der Waals surface area contributed by atoms with Gasteiger partial charge in [-0.05, 0) is 56.0 Å². The third-order valence-electron chi connectivity index (χ3n) is 4.28. The van der Waals surface area contributed by atoms with Crippen LogP contribution in [-0.2, 0) is 4.79 Å². The maximum Gasteiger partial charge on any atom is 0.318 e. The lowest BCUT2D eigenvalue weighted by Gasteiger charge is -2.28. The molecule has 1 fully saturated rings. The molecular formula is C17H26N4O2. The summed E-state index contributed by atoms with van der Waals surface area (Å²) in [4.78, 5) is 23.5. The third kappa shape index (κ3) is 5.56. The average Bonchev–Trinajstić information content (AvgIpc) is 2.55. The van der Waals surface area contributed by atoms with E-state index in [1.807, 2.05) is 6.07 Å². The molecule has 3 amide bonds. The van der Waals surface area contributed by atoms with Crippen molar-refractivity contribution in [1.29, 1.82) is 0 Å². The lowest BCUT2D eigenvalue weighted by molar-refractivity contribution is -0.117. The Kier molecular flexibility index (Phi) is 6.40. The molecule has 2 rings (SSSR count). The highest BCUT2D eigenvalue weighted by molar-refractivity contribution is 5.93. The fourth-order valence-electron chi connectivity index (χ4n) is 2.90. The Balaban J connectivity index is 1.86. The van der Waals surface area contributed by atoms with E-state index in [1.54, 1.807) is 25.2 Å². The zero-order valence-electron chi connectivity index (χ0n) is 13.8. The van der Waals surface area contributed by atoms with E-state index in [-0.39, 0.29) is 11.9 Å². The van der Waals surface area contributed by atoms with Crippen molar-refractivity contribution in [2.45, 2.75) is 26.2 Å². The molecule has 6 heteroatoms. The van der Waals surface area contributed by atoms with E-state index in [2.05, 4.69) is 28.2 Å². The summed E-state index contributed by atoms with van der Waals surface area (Å²) in [7, 11) is 1.56. The number of hydrogen-bond acceptors (Lipinski definition) is 3. The number of nitrogens with one attached hydrogen (secondary N) is 4. The highest BCUT2D eigenvalue weighted by atomic mass is 16.2. The summed E-state index contributed by atoms with van der Waals surface area (Å²) in [5, 5.41) is 11.5. The first-order valence-corrected chi connectivity index (χ1v) is 8.18. The van der Waals surface area contributed by atoms with Crippen LogP contribution >= 0.6 is 0 Å². The van der Waals surface area contributed by atoms with Gasteiger partial charge in [0.1, 0.15) is 0 Å². The summed E-state index contributed by atoms with van der Waals surface area (Å²) in [6.45, 7) is 4.22. The summed E-state index contributed by atoms with van der Waals surface area (Å²) in [6, 6.07) is 6.86. The molecule has 23 heavy (non-hydrogen) atoms. The van der Waals surface area contributed by atoms with E-state index >= 15 is 0 Å². The van der Waals surface area contributed by atoms with Crippen LogP contribution in [0, 0.1) is 11.8 Å². The monoisotopic (exact) mass is 318 g/mol. The van der Waals surface area contributed by atoms with Gasteiger partial charge in [-0.1, -0.05) is 13.0 Å². The fraction of sp³-hybridized carbons (Fsp3) is 0.529. The second-order valence-electron chi connectivity index (χ2n) is 6.12. The molecule has 1 aliphatic rings. The first kappa shape index (κ1) is 17.3. The molecule has 0 saturated carbocycles. The lowest BCUT2D eigenvalue weighted by atomic mass is 9.85. The molecular weight excluding hydrogens is 292 g/mol. The number of carbonyl (C=O) groups is 2. The van der Waals surface area contributed by atoms with Gasteiger partial charge >= 0.3 is 6.03 Å². The normalized spacial score (nSPS) is 18.8. The van der Waals surface area contributed by atoms with Crippen molar-refractivity contribution in [3.8, 4) is 0 Å². The Morgan fingerprint density at radius 3 is 2.70 bits per heavy atom. The molecule has 0 aliphatic carbocycles. The zero-order chi connectivity index (χ0) is 16.7. The predicted octanol–water partition coefficient (Wildman–Crippen LogP) is 2.40. The van der Waals surface area contributed by atoms with E-state index in [9.17, 15) is 9.59 Å². The molecule has 1 aromatic rings. The van der Waals surface area contributed by atoms with Crippen molar-refractivity contribution in [3.05, 3.63) is 24.3 Å². The number of carbonyl (C=O) groups excluding carboxylic acids is 2. The van der Waals surface area contributed by atoms with Crippen molar-refractivity contribution in [2.24, 2.45) is 11.8 Å². The van der Waals surface area contributed by atoms with Crippen LogP contribution < -0.4 is 21.3 Å². The standard InChI is InChI=1S/C17H26N4O2/c1-12(13-5-4-8-19-11-13)9-16(22)20-14-6-3-7-15(10-14)21-17(23)18-2/h3,6-7,10,12-13,19H,4-5,8-9,11H2,1-2H3,(H,20,22)(H2,18,21,23). The van der Waals surface area contributed by atoms with Gasteiger partial charge in [0.05, 0.1) is 0 Å². The highest BCUT2D eigenvalue weighted by Gasteiger charge is 2.22. The van der Waals surface area contributed by atoms with E-state index in [4.69, 9.17) is 0 Å². The van der Waals surface area contributed by atoms with Gasteiger partial charge in [0, 0.05) is 24.8 Å². The Hall–Kier alpha value is -2.08. The summed E-state index contributed by atoms with van der Waals surface area (Å²) in [5.41, 5.74) is 1.34. The number of urea groups is 1. The Bertz CT molecular complexity index is 541. The van der Waals surface area contributed by atoms with Gasteiger partial charge in [-0.15, -0.1) is 0 Å². The first-order valence-electron chi connectivity index (χ1n) is 8.18. The SMILES string of the molecule is CNC(=O)Nc1cccc(NC(=O)CC(C)C2CCCNC2)c1. The molecule has 1 heterocycles. The van der Waals surface area contributed by atoms with Gasteiger partial charge in [-0.3, -0.25) is 4.79 Å². The van der Waals surface area contributed by atoms with Crippen molar-refractivity contribution in [3.63, 3.8) is 0 Å². The number of amides is 3. The number of rotatable bonds is 5. The minimum atomic E-state index is -0.285. The molecule has 2 unspecified atom stereocenters.